The van der Waals surface area contributed by atoms with Crippen molar-refractivity contribution < 1.29 is 14.4 Å². The van der Waals surface area contributed by atoms with E-state index in [4.69, 9.17) is 9.25 Å². The minimum Gasteiger partial charge on any atom is -0.431 e. The molecule has 3 fully saturated rings. The second-order valence-corrected chi connectivity index (χ2v) is 10.7. The fraction of sp³-hybridized carbons (Fsp3) is 0.692. The van der Waals surface area contributed by atoms with E-state index in [1.165, 1.54) is 11.6 Å². The van der Waals surface area contributed by atoms with Gasteiger partial charge in [0.25, 0.3) is 0 Å². The quantitative estimate of drug-likeness (QED) is 0.676. The predicted octanol–water partition coefficient (Wildman–Crippen LogP) is 5.19. The summed E-state index contributed by atoms with van der Waals surface area (Å²) in [5.74, 6) is 1.06. The maximum atomic E-state index is 12.3. The van der Waals surface area contributed by atoms with Gasteiger partial charge in [0.15, 0.2) is 0 Å². The molecule has 6 atom stereocenters. The number of allylic oxidation sites excluding steroid dienone is 2. The lowest BCUT2D eigenvalue weighted by Crippen LogP contribution is -2.60. The van der Waals surface area contributed by atoms with Gasteiger partial charge in [-0.2, -0.15) is 0 Å². The summed E-state index contributed by atoms with van der Waals surface area (Å²) >= 11 is 0. The lowest BCUT2D eigenvalue weighted by molar-refractivity contribution is -0.176. The van der Waals surface area contributed by atoms with E-state index in [1.807, 2.05) is 13.0 Å². The van der Waals surface area contributed by atoms with Crippen LogP contribution in [-0.2, 0) is 4.84 Å². The van der Waals surface area contributed by atoms with Crippen molar-refractivity contribution in [1.29, 1.82) is 0 Å². The third kappa shape index (κ3) is 2.99. The molecule has 0 spiro atoms. The number of oxime groups is 1. The topological polar surface area (TPSA) is 72.0 Å². The number of hydrogen-bond acceptors (Lipinski definition) is 5. The van der Waals surface area contributed by atoms with E-state index in [9.17, 15) is 9.90 Å². The molecule has 168 valence electrons. The zero-order valence-electron chi connectivity index (χ0n) is 19.0. The van der Waals surface area contributed by atoms with Crippen LogP contribution in [0.3, 0.4) is 0 Å². The molecule has 2 unspecified atom stereocenters. The van der Waals surface area contributed by atoms with Crippen LogP contribution in [0.15, 0.2) is 44.4 Å². The standard InChI is InChI=1S/C26H35NO4/c1-4-31-27-19-9-12-24(2)18(15-19)6-7-22-21(24)10-13-25(3)20(11-14-26(22,25)29)17-5-8-23(28)30-16-17/h5,8,15-16,20-22,29H,4,6-7,9-14H2,1-3H3/b27-19+/t20-,21?,22?,24+,25-,26+/m1/s1. The van der Waals surface area contributed by atoms with Crippen LogP contribution in [0.25, 0.3) is 0 Å². The smallest absolute Gasteiger partial charge is 0.335 e. The van der Waals surface area contributed by atoms with Crippen LogP contribution in [-0.4, -0.2) is 23.0 Å². The molecule has 4 aliphatic rings. The SMILES string of the molecule is CCO/N=C1/C=C2CCC3C(CC[C@]4(C)[C@@H](c5ccc(=O)oc5)CC[C@]34O)[C@@]2(C)CC1. The Morgan fingerprint density at radius 3 is 2.71 bits per heavy atom. The zero-order valence-corrected chi connectivity index (χ0v) is 19.0. The van der Waals surface area contributed by atoms with Crippen molar-refractivity contribution in [3.63, 3.8) is 0 Å². The molecular weight excluding hydrogens is 390 g/mol. The minimum atomic E-state index is -0.662. The highest BCUT2D eigenvalue weighted by atomic mass is 16.6. The first kappa shape index (κ1) is 21.0. The van der Waals surface area contributed by atoms with Crippen LogP contribution in [0.4, 0.5) is 0 Å². The van der Waals surface area contributed by atoms with Gasteiger partial charge in [0, 0.05) is 11.5 Å². The second kappa shape index (κ2) is 7.33. The number of fused-ring (bicyclic) bond motifs is 5. The summed E-state index contributed by atoms with van der Waals surface area (Å²) in [6, 6.07) is 3.42. The highest BCUT2D eigenvalue weighted by Crippen LogP contribution is 2.69. The molecule has 0 aromatic carbocycles. The van der Waals surface area contributed by atoms with E-state index in [-0.39, 0.29) is 22.4 Å². The van der Waals surface area contributed by atoms with Gasteiger partial charge in [-0.05, 0) is 99.2 Å². The van der Waals surface area contributed by atoms with E-state index < -0.39 is 5.60 Å². The van der Waals surface area contributed by atoms with Crippen LogP contribution in [0, 0.1) is 22.7 Å². The predicted molar refractivity (Wildman–Crippen MR) is 120 cm³/mol. The molecule has 3 saturated carbocycles. The fourth-order valence-electron chi connectivity index (χ4n) is 7.86. The second-order valence-electron chi connectivity index (χ2n) is 10.7. The molecule has 0 aliphatic heterocycles. The summed E-state index contributed by atoms with van der Waals surface area (Å²) < 4.78 is 5.19. The van der Waals surface area contributed by atoms with Gasteiger partial charge in [-0.1, -0.05) is 24.6 Å². The van der Waals surface area contributed by atoms with Crippen molar-refractivity contribution in [1.82, 2.24) is 0 Å². The van der Waals surface area contributed by atoms with Gasteiger partial charge in [0.05, 0.1) is 17.6 Å². The summed E-state index contributed by atoms with van der Waals surface area (Å²) in [4.78, 5) is 16.8. The minimum absolute atomic E-state index is 0.142. The van der Waals surface area contributed by atoms with Gasteiger partial charge >= 0.3 is 5.63 Å². The molecule has 0 saturated heterocycles. The third-order valence-electron chi connectivity index (χ3n) is 9.60. The number of rotatable bonds is 3. The largest absolute Gasteiger partial charge is 0.431 e. The van der Waals surface area contributed by atoms with E-state index in [2.05, 4.69) is 25.1 Å². The summed E-state index contributed by atoms with van der Waals surface area (Å²) in [5, 5.41) is 16.6. The number of hydrogen-bond donors (Lipinski definition) is 1. The molecule has 1 N–H and O–H groups in total. The van der Waals surface area contributed by atoms with E-state index in [1.54, 1.807) is 6.26 Å². The molecule has 31 heavy (non-hydrogen) atoms. The zero-order chi connectivity index (χ0) is 21.9. The molecule has 1 heterocycles. The van der Waals surface area contributed by atoms with Crippen LogP contribution in [0.5, 0.6) is 0 Å². The Bertz CT molecular complexity index is 959. The normalized spacial score (nSPS) is 43.0. The summed E-state index contributed by atoms with van der Waals surface area (Å²) in [5.41, 5.74) is 2.63. The van der Waals surface area contributed by atoms with Crippen molar-refractivity contribution in [3.8, 4) is 0 Å². The Balaban J connectivity index is 1.46. The lowest BCUT2D eigenvalue weighted by atomic mass is 9.45. The molecule has 4 aliphatic carbocycles. The summed E-state index contributed by atoms with van der Waals surface area (Å²) in [6.07, 6.45) is 12.0. The molecule has 0 bridgehead atoms. The van der Waals surface area contributed by atoms with E-state index >= 15 is 0 Å². The Morgan fingerprint density at radius 2 is 1.97 bits per heavy atom. The van der Waals surface area contributed by atoms with Crippen molar-refractivity contribution in [2.75, 3.05) is 6.61 Å². The molecule has 5 heteroatoms. The first-order valence-electron chi connectivity index (χ1n) is 12.0. The Hall–Kier alpha value is -1.88. The van der Waals surface area contributed by atoms with Crippen LogP contribution in [0.2, 0.25) is 0 Å². The Kier molecular flexibility index (Phi) is 4.96. The fourth-order valence-corrected chi connectivity index (χ4v) is 7.86. The molecule has 0 radical (unpaired) electrons. The van der Waals surface area contributed by atoms with Gasteiger partial charge in [-0.25, -0.2) is 4.79 Å². The molecule has 1 aromatic heterocycles. The third-order valence-corrected chi connectivity index (χ3v) is 9.60. The number of nitrogens with zero attached hydrogens (tertiary/aromatic N) is 1. The summed E-state index contributed by atoms with van der Waals surface area (Å²) in [6.45, 7) is 7.28. The maximum absolute atomic E-state index is 12.3. The van der Waals surface area contributed by atoms with Crippen molar-refractivity contribution in [3.05, 3.63) is 46.0 Å². The van der Waals surface area contributed by atoms with Crippen molar-refractivity contribution in [2.45, 2.75) is 83.7 Å². The van der Waals surface area contributed by atoms with Crippen molar-refractivity contribution in [2.24, 2.45) is 27.8 Å². The first-order chi connectivity index (χ1) is 14.8. The average Bonchev–Trinajstić information content (AvgIpc) is 3.04. The van der Waals surface area contributed by atoms with Gasteiger partial charge < -0.3 is 14.4 Å². The molecule has 0 amide bonds. The molecular formula is C26H35NO4. The highest BCUT2D eigenvalue weighted by molar-refractivity contribution is 5.96. The van der Waals surface area contributed by atoms with Gasteiger partial charge in [-0.3, -0.25) is 0 Å². The highest BCUT2D eigenvalue weighted by Gasteiger charge is 2.66. The van der Waals surface area contributed by atoms with E-state index in [0.29, 0.717) is 18.4 Å². The van der Waals surface area contributed by atoms with Gasteiger partial charge in [0.2, 0.25) is 0 Å². The first-order valence-corrected chi connectivity index (χ1v) is 12.0. The molecule has 1 aromatic rings. The monoisotopic (exact) mass is 425 g/mol. The Morgan fingerprint density at radius 1 is 1.13 bits per heavy atom. The summed E-state index contributed by atoms with van der Waals surface area (Å²) in [7, 11) is 0. The number of aliphatic hydroxyl groups is 1. The molecule has 5 nitrogen and oxygen atoms in total. The maximum Gasteiger partial charge on any atom is 0.335 e. The molecule has 5 rings (SSSR count). The average molecular weight is 426 g/mol. The van der Waals surface area contributed by atoms with Gasteiger partial charge in [0.1, 0.15) is 6.61 Å². The van der Waals surface area contributed by atoms with Gasteiger partial charge in [-0.15, -0.1) is 0 Å². The van der Waals surface area contributed by atoms with E-state index in [0.717, 1.165) is 62.6 Å². The van der Waals surface area contributed by atoms with Crippen LogP contribution < -0.4 is 5.63 Å². The van der Waals surface area contributed by atoms with Crippen LogP contribution in [0.1, 0.15) is 83.6 Å². The lowest BCUT2D eigenvalue weighted by Gasteiger charge is -2.61. The Labute approximate surface area is 184 Å². The van der Waals surface area contributed by atoms with Crippen LogP contribution >= 0.6 is 0 Å². The van der Waals surface area contributed by atoms with Crippen molar-refractivity contribution >= 4 is 5.71 Å².